The van der Waals surface area contributed by atoms with Crippen LogP contribution in [0.4, 0.5) is 15.3 Å². The molecule has 0 radical (unpaired) electrons. The summed E-state index contributed by atoms with van der Waals surface area (Å²) in [6.07, 6.45) is 0.527. The number of hydrogen-bond donors (Lipinski definition) is 4. The van der Waals surface area contributed by atoms with E-state index in [4.69, 9.17) is 9.47 Å². The number of likely N-dealkylation sites (tertiary alicyclic amines) is 1. The molecule has 1 unspecified atom stereocenters. The minimum Gasteiger partial charge on any atom is -0.444 e. The van der Waals surface area contributed by atoms with E-state index in [-0.39, 0.29) is 19.4 Å². The highest BCUT2D eigenvalue weighted by atomic mass is 32.2. The highest BCUT2D eigenvalue weighted by Crippen LogP contribution is 2.45. The summed E-state index contributed by atoms with van der Waals surface area (Å²) in [4.78, 5) is 68.6. The molecule has 1 aliphatic heterocycles. The summed E-state index contributed by atoms with van der Waals surface area (Å²) in [5, 5.41) is 7.36. The molecule has 1 heterocycles. The van der Waals surface area contributed by atoms with Crippen LogP contribution in [0, 0.1) is 11.3 Å². The molecule has 3 fully saturated rings. The van der Waals surface area contributed by atoms with Crippen molar-refractivity contribution >= 4 is 45.6 Å². The predicted octanol–water partition coefficient (Wildman–Crippen LogP) is 3.38. The first-order valence-electron chi connectivity index (χ1n) is 16.6. The average Bonchev–Trinajstić information content (AvgIpc) is 3.91. The van der Waals surface area contributed by atoms with Gasteiger partial charge < -0.3 is 25.0 Å². The van der Waals surface area contributed by atoms with Gasteiger partial charge in [-0.1, -0.05) is 45.9 Å². The second kappa shape index (κ2) is 14.0. The second-order valence-electron chi connectivity index (χ2n) is 15.1. The van der Waals surface area contributed by atoms with Crippen molar-refractivity contribution in [3.63, 3.8) is 0 Å². The van der Waals surface area contributed by atoms with Gasteiger partial charge in [-0.3, -0.25) is 24.4 Å². The predicted molar refractivity (Wildman–Crippen MR) is 182 cm³/mol. The summed E-state index contributed by atoms with van der Waals surface area (Å²) in [6, 6.07) is 4.82. The lowest BCUT2D eigenvalue weighted by atomic mass is 9.85. The molecule has 5 amide bonds. The Hall–Kier alpha value is -4.14. The van der Waals surface area contributed by atoms with Crippen LogP contribution < -0.4 is 20.7 Å². The lowest BCUT2D eigenvalue weighted by molar-refractivity contribution is -0.143. The Morgan fingerprint density at radius 2 is 1.76 bits per heavy atom. The summed E-state index contributed by atoms with van der Waals surface area (Å²) in [6.45, 7) is 15.8. The summed E-state index contributed by atoms with van der Waals surface area (Å²) < 4.78 is 38.4. The minimum atomic E-state index is -3.91. The number of nitrogens with zero attached hydrogens (tertiary/aromatic N) is 1. The zero-order chi connectivity index (χ0) is 36.5. The van der Waals surface area contributed by atoms with Crippen LogP contribution in [0.3, 0.4) is 0 Å². The van der Waals surface area contributed by atoms with Crippen molar-refractivity contribution in [1.82, 2.24) is 20.3 Å². The average molecular weight is 704 g/mol. The van der Waals surface area contributed by atoms with Crippen molar-refractivity contribution in [1.29, 1.82) is 0 Å². The molecule has 1 aromatic carbocycles. The molecule has 15 heteroatoms. The number of ether oxygens (including phenoxy) is 2. The van der Waals surface area contributed by atoms with Gasteiger partial charge in [0.2, 0.25) is 21.8 Å². The molecule has 0 spiro atoms. The van der Waals surface area contributed by atoms with Gasteiger partial charge in [-0.25, -0.2) is 18.0 Å². The minimum absolute atomic E-state index is 0.110. The van der Waals surface area contributed by atoms with Gasteiger partial charge in [-0.15, -0.1) is 6.58 Å². The third kappa shape index (κ3) is 9.31. The van der Waals surface area contributed by atoms with Crippen LogP contribution in [-0.2, 0) is 40.3 Å². The highest BCUT2D eigenvalue weighted by Gasteiger charge is 2.62. The zero-order valence-electron chi connectivity index (χ0n) is 29.3. The van der Waals surface area contributed by atoms with Crippen molar-refractivity contribution in [2.45, 2.75) is 115 Å². The SMILES string of the molecule is C=CC1C[C@]1(NC(=O)[C@@H]1C[C@@H](OC(=O)Nc2cccc(CC)c2)CN1C(=O)[C@@H](NC(=O)OC(C)(C)C)C(C)(C)C)C(=O)NS(=O)(=O)C1CC1. The molecule has 1 aromatic rings. The Labute approximate surface area is 288 Å². The van der Waals surface area contributed by atoms with Gasteiger partial charge in [-0.2, -0.15) is 0 Å². The summed E-state index contributed by atoms with van der Waals surface area (Å²) in [7, 11) is -3.91. The van der Waals surface area contributed by atoms with E-state index in [0.29, 0.717) is 18.5 Å². The maximum atomic E-state index is 14.3. The number of alkyl carbamates (subject to hydrolysis) is 1. The van der Waals surface area contributed by atoms with E-state index in [1.54, 1.807) is 59.7 Å². The van der Waals surface area contributed by atoms with E-state index >= 15 is 0 Å². The van der Waals surface area contributed by atoms with Gasteiger partial charge in [0.05, 0.1) is 11.8 Å². The van der Waals surface area contributed by atoms with E-state index in [1.807, 2.05) is 13.0 Å². The number of anilines is 1. The fourth-order valence-electron chi connectivity index (χ4n) is 5.80. The van der Waals surface area contributed by atoms with Crippen molar-refractivity contribution in [2.24, 2.45) is 11.3 Å². The van der Waals surface area contributed by atoms with E-state index in [9.17, 15) is 32.4 Å². The van der Waals surface area contributed by atoms with Crippen molar-refractivity contribution in [2.75, 3.05) is 11.9 Å². The first kappa shape index (κ1) is 37.7. The molecule has 1 saturated heterocycles. The molecule has 49 heavy (non-hydrogen) atoms. The Kier molecular flexibility index (Phi) is 10.8. The Bertz CT molecular complexity index is 1600. The smallest absolute Gasteiger partial charge is 0.411 e. The molecule has 4 N–H and O–H groups in total. The van der Waals surface area contributed by atoms with Crippen molar-refractivity contribution in [3.8, 4) is 0 Å². The fourth-order valence-corrected chi connectivity index (χ4v) is 7.17. The van der Waals surface area contributed by atoms with Crippen LogP contribution >= 0.6 is 0 Å². The number of hydrogen-bond acceptors (Lipinski definition) is 9. The maximum absolute atomic E-state index is 14.3. The molecule has 3 aliphatic rings. The molecular weight excluding hydrogens is 654 g/mol. The van der Waals surface area contributed by atoms with Gasteiger partial charge >= 0.3 is 12.2 Å². The first-order valence-corrected chi connectivity index (χ1v) is 18.1. The largest absolute Gasteiger partial charge is 0.444 e. The van der Waals surface area contributed by atoms with Crippen LogP contribution in [0.25, 0.3) is 0 Å². The Morgan fingerprint density at radius 3 is 2.31 bits per heavy atom. The van der Waals surface area contributed by atoms with Gasteiger partial charge in [0.25, 0.3) is 5.91 Å². The molecule has 14 nitrogen and oxygen atoms in total. The molecule has 270 valence electrons. The molecule has 5 atom stereocenters. The summed E-state index contributed by atoms with van der Waals surface area (Å²) in [5.74, 6) is -2.81. The topological polar surface area (TPSA) is 189 Å². The number of carbonyl (C=O) groups excluding carboxylic acids is 5. The second-order valence-corrected chi connectivity index (χ2v) is 17.0. The van der Waals surface area contributed by atoms with Crippen LogP contribution in [-0.4, -0.2) is 84.3 Å². The van der Waals surface area contributed by atoms with E-state index in [2.05, 4.69) is 27.3 Å². The fraction of sp³-hybridized carbons (Fsp3) is 0.618. The van der Waals surface area contributed by atoms with Crippen LogP contribution in [0.15, 0.2) is 36.9 Å². The summed E-state index contributed by atoms with van der Waals surface area (Å²) >= 11 is 0. The molecule has 2 aliphatic carbocycles. The van der Waals surface area contributed by atoms with Gasteiger partial charge in [0.15, 0.2) is 0 Å². The van der Waals surface area contributed by atoms with E-state index in [0.717, 1.165) is 12.0 Å². The normalized spacial score (nSPS) is 24.2. The third-order valence-corrected chi connectivity index (χ3v) is 10.5. The summed E-state index contributed by atoms with van der Waals surface area (Å²) in [5.41, 5.74) is -1.77. The number of rotatable bonds is 11. The van der Waals surface area contributed by atoms with Crippen LogP contribution in [0.5, 0.6) is 0 Å². The standard InChI is InChI=1S/C34H49N5O9S/c1-9-20-12-11-13-22(16-20)35-30(43)47-23-17-25(39(19-23)28(41)26(32(3,4)5)36-31(44)48-33(6,7)8)27(40)37-34(18-21(34)10-2)29(42)38-49(45,46)24-14-15-24/h10-13,16,21,23-26H,2,9,14-15,17-19H2,1,3-8H3,(H,35,43)(H,36,44)(H,37,40)(H,38,42)/t21?,23-,25+,26-,34-/m1/s1. The van der Waals surface area contributed by atoms with Crippen LogP contribution in [0.1, 0.15) is 79.7 Å². The quantitative estimate of drug-likeness (QED) is 0.251. The number of carbonyl (C=O) groups is 5. The van der Waals surface area contributed by atoms with Gasteiger partial charge in [0, 0.05) is 18.0 Å². The lowest BCUT2D eigenvalue weighted by Crippen LogP contribution is -2.60. The Morgan fingerprint density at radius 1 is 1.08 bits per heavy atom. The Balaban J connectivity index is 1.58. The number of amides is 5. The zero-order valence-corrected chi connectivity index (χ0v) is 30.1. The molecular formula is C34H49N5O9S. The number of aryl methyl sites for hydroxylation is 1. The number of nitrogens with one attached hydrogen (secondary N) is 4. The van der Waals surface area contributed by atoms with Crippen LogP contribution in [0.2, 0.25) is 0 Å². The number of sulfonamides is 1. The monoisotopic (exact) mass is 703 g/mol. The third-order valence-electron chi connectivity index (χ3n) is 8.73. The van der Waals surface area contributed by atoms with Gasteiger partial charge in [-0.05, 0) is 69.6 Å². The maximum Gasteiger partial charge on any atom is 0.411 e. The van der Waals surface area contributed by atoms with Crippen molar-refractivity contribution < 1.29 is 41.9 Å². The van der Waals surface area contributed by atoms with E-state index < -0.39 is 85.8 Å². The first-order chi connectivity index (χ1) is 22.7. The van der Waals surface area contributed by atoms with E-state index in [1.165, 1.54) is 11.0 Å². The van der Waals surface area contributed by atoms with Crippen molar-refractivity contribution in [3.05, 3.63) is 42.5 Å². The van der Waals surface area contributed by atoms with Gasteiger partial charge in [0.1, 0.15) is 29.3 Å². The molecule has 0 aromatic heterocycles. The molecule has 4 rings (SSSR count). The molecule has 0 bridgehead atoms. The number of benzene rings is 1. The molecule has 2 saturated carbocycles. The highest BCUT2D eigenvalue weighted by molar-refractivity contribution is 7.91. The lowest BCUT2D eigenvalue weighted by Gasteiger charge is -2.36.